The number of para-hydroxylation sites is 2. The monoisotopic (exact) mass is 1450 g/mol. The van der Waals surface area contributed by atoms with E-state index in [1.54, 1.807) is 0 Å². The molecule has 0 N–H and O–H groups in total. The number of furan rings is 2. The third-order valence-corrected chi connectivity index (χ3v) is 22.2. The molecule has 0 aliphatic carbocycles. The molecule has 0 unspecified atom stereocenters. The van der Waals surface area contributed by atoms with Gasteiger partial charge in [-0.3, -0.25) is 0 Å². The van der Waals surface area contributed by atoms with Gasteiger partial charge in [-0.25, -0.2) is 0 Å². The van der Waals surface area contributed by atoms with Crippen molar-refractivity contribution in [1.82, 2.24) is 0 Å². The highest BCUT2D eigenvalue weighted by Gasteiger charge is 2.19. The molecule has 2 aromatic heterocycles. The Kier molecular flexibility index (Phi) is 18.0. The Morgan fingerprint density at radius 1 is 0.123 bits per heavy atom. The van der Waals surface area contributed by atoms with Gasteiger partial charge in [-0.1, -0.05) is 303 Å². The molecule has 4 heteroatoms. The molecule has 0 saturated heterocycles. The molecule has 0 fully saturated rings. The van der Waals surface area contributed by atoms with E-state index in [1.165, 1.54) is 121 Å². The van der Waals surface area contributed by atoms with E-state index < -0.39 is 0 Å². The average Bonchev–Trinajstić information content (AvgIpc) is 1.66. The zero-order chi connectivity index (χ0) is 75.7. The van der Waals surface area contributed by atoms with E-state index in [-0.39, 0.29) is 0 Å². The second-order valence-corrected chi connectivity index (χ2v) is 29.2. The molecule has 0 atom stereocenters. The van der Waals surface area contributed by atoms with Crippen molar-refractivity contribution >= 4 is 99.2 Å². The molecule has 4 nitrogen and oxygen atoms in total. The predicted octanol–water partition coefficient (Wildman–Crippen LogP) is 31.4. The fourth-order valence-electron chi connectivity index (χ4n) is 15.9. The molecule has 19 aromatic carbocycles. The van der Waals surface area contributed by atoms with Crippen LogP contribution >= 0.6 is 0 Å². The van der Waals surface area contributed by atoms with E-state index in [2.05, 4.69) is 422 Å². The van der Waals surface area contributed by atoms with Crippen molar-refractivity contribution in [2.24, 2.45) is 0 Å². The first-order valence-electron chi connectivity index (χ1n) is 38.9. The average molecular weight is 1460 g/mol. The molecule has 0 spiro atoms. The first kappa shape index (κ1) is 68.2. The summed E-state index contributed by atoms with van der Waals surface area (Å²) in [6.07, 6.45) is 0. The van der Waals surface area contributed by atoms with Gasteiger partial charge in [0, 0.05) is 56.0 Å². The summed E-state index contributed by atoms with van der Waals surface area (Å²) in [5, 5.41) is 12.2. The molecular weight excluding hydrogens is 1380 g/mol. The summed E-state index contributed by atoms with van der Waals surface area (Å²) < 4.78 is 12.4. The number of nitrogens with zero attached hydrogens (tertiary/aromatic N) is 2. The van der Waals surface area contributed by atoms with E-state index >= 15 is 0 Å². The number of rotatable bonds is 15. The Bertz CT molecular complexity index is 6790. The zero-order valence-corrected chi connectivity index (χ0v) is 62.4. The van der Waals surface area contributed by atoms with Gasteiger partial charge in [-0.15, -0.1) is 0 Å². The lowest BCUT2D eigenvalue weighted by Crippen LogP contribution is -2.09. The summed E-state index contributed by atoms with van der Waals surface area (Å²) in [7, 11) is 0. The Hall–Kier alpha value is -15.1. The highest BCUT2D eigenvalue weighted by atomic mass is 16.3. The molecule has 0 bridgehead atoms. The molecule has 0 radical (unpaired) electrons. The maximum atomic E-state index is 6.22. The van der Waals surface area contributed by atoms with Crippen LogP contribution in [0.2, 0.25) is 0 Å². The molecule has 0 amide bonds. The van der Waals surface area contributed by atoms with E-state index in [4.69, 9.17) is 8.83 Å². The van der Waals surface area contributed by atoms with Gasteiger partial charge in [-0.2, -0.15) is 0 Å². The Morgan fingerprint density at radius 2 is 0.289 bits per heavy atom. The lowest BCUT2D eigenvalue weighted by Gasteiger charge is -2.26. The highest BCUT2D eigenvalue weighted by Crippen LogP contribution is 2.43. The molecular formula is C110H74N2O2. The largest absolute Gasteiger partial charge is 0.456 e. The van der Waals surface area contributed by atoms with Crippen molar-refractivity contribution in [3.63, 3.8) is 0 Å². The maximum absolute atomic E-state index is 6.22. The van der Waals surface area contributed by atoms with Gasteiger partial charge in [0.2, 0.25) is 0 Å². The van der Waals surface area contributed by atoms with Gasteiger partial charge in [0.15, 0.2) is 0 Å². The lowest BCUT2D eigenvalue weighted by atomic mass is 9.98. The summed E-state index contributed by atoms with van der Waals surface area (Å²) in [5.74, 6) is 1.73. The Morgan fingerprint density at radius 3 is 0.509 bits per heavy atom. The topological polar surface area (TPSA) is 32.8 Å². The van der Waals surface area contributed by atoms with Gasteiger partial charge < -0.3 is 18.6 Å². The van der Waals surface area contributed by atoms with Crippen LogP contribution in [0.4, 0.5) is 34.1 Å². The minimum atomic E-state index is 0.862. The second-order valence-electron chi connectivity index (χ2n) is 29.2. The summed E-state index contributed by atoms with van der Waals surface area (Å²) in [5.41, 5.74) is 27.1. The maximum Gasteiger partial charge on any atom is 0.135 e. The van der Waals surface area contributed by atoms with Crippen molar-refractivity contribution in [2.45, 2.75) is 0 Å². The van der Waals surface area contributed by atoms with Crippen molar-refractivity contribution in [1.29, 1.82) is 0 Å². The fourth-order valence-corrected chi connectivity index (χ4v) is 15.9. The van der Waals surface area contributed by atoms with Gasteiger partial charge in [-0.05, 0) is 267 Å². The molecule has 114 heavy (non-hydrogen) atoms. The Balaban J connectivity index is 0.000000149. The van der Waals surface area contributed by atoms with Crippen LogP contribution in [0.3, 0.4) is 0 Å². The van der Waals surface area contributed by atoms with Crippen LogP contribution in [-0.4, -0.2) is 0 Å². The van der Waals surface area contributed by atoms with Crippen LogP contribution in [0.25, 0.3) is 166 Å². The van der Waals surface area contributed by atoms with Crippen molar-refractivity contribution in [3.05, 3.63) is 449 Å². The van der Waals surface area contributed by atoms with Gasteiger partial charge >= 0.3 is 0 Å². The van der Waals surface area contributed by atoms with Crippen LogP contribution in [0.15, 0.2) is 458 Å². The molecule has 2 heterocycles. The molecule has 21 aromatic rings. The SMILES string of the molecule is c1ccc2cc(-c3ccc(-c4ccc(N(c5ccc(-c6ccc(-c7ccc8ccccc8c7)cc6)cc5)c5ccc(-c6cc7ccccc7o6)cc5)cc4)cc3)ccc2c1.c1ccc2cc(-c3ccc(-c4ccc(N(c5ccc(-c6ccc7ccccc7c6)cc5)c5ccc(-c6cc7ccccc7o6)cc5)cc4)cc3)ccc2c1. The first-order chi connectivity index (χ1) is 56.4. The van der Waals surface area contributed by atoms with Crippen LogP contribution in [0.1, 0.15) is 0 Å². The number of anilines is 6. The van der Waals surface area contributed by atoms with Crippen LogP contribution < -0.4 is 9.80 Å². The first-order valence-corrected chi connectivity index (χ1v) is 38.9. The minimum absolute atomic E-state index is 0.862. The van der Waals surface area contributed by atoms with E-state index in [0.29, 0.717) is 0 Å². The molecule has 0 aliphatic rings. The second kappa shape index (κ2) is 30.1. The summed E-state index contributed by atoms with van der Waals surface area (Å²) in [6, 6.07) is 161. The number of hydrogen-bond acceptors (Lipinski definition) is 4. The van der Waals surface area contributed by atoms with Crippen LogP contribution in [0, 0.1) is 0 Å². The van der Waals surface area contributed by atoms with E-state index in [9.17, 15) is 0 Å². The zero-order valence-electron chi connectivity index (χ0n) is 62.4. The smallest absolute Gasteiger partial charge is 0.135 e. The van der Waals surface area contributed by atoms with Crippen LogP contribution in [0.5, 0.6) is 0 Å². The quantitative estimate of drug-likeness (QED) is 0.102. The molecule has 0 saturated carbocycles. The molecule has 0 aliphatic heterocycles. The summed E-state index contributed by atoms with van der Waals surface area (Å²) >= 11 is 0. The van der Waals surface area contributed by atoms with Crippen molar-refractivity contribution in [2.75, 3.05) is 9.80 Å². The summed E-state index contributed by atoms with van der Waals surface area (Å²) in [6.45, 7) is 0. The van der Waals surface area contributed by atoms with E-state index in [0.717, 1.165) is 78.7 Å². The summed E-state index contributed by atoms with van der Waals surface area (Å²) in [4.78, 5) is 4.64. The lowest BCUT2D eigenvalue weighted by molar-refractivity contribution is 0.631. The fraction of sp³-hybridized carbons (Fsp3) is 0. The number of benzene rings is 19. The normalized spacial score (nSPS) is 11.3. The van der Waals surface area contributed by atoms with Gasteiger partial charge in [0.1, 0.15) is 22.7 Å². The van der Waals surface area contributed by atoms with Crippen molar-refractivity contribution in [3.8, 4) is 101 Å². The standard InChI is InChI=1S/C58H39NO.C52H35NO/c1-3-9-49-37-51(23-21-40(49)7-1)46-17-13-42(14-18-46)44-25-31-54(32-26-44)59(56-35-29-48(30-36-56)58-39-53-11-5-6-12-57(53)60-58)55-33-27-45(28-34-55)43-15-19-47(20-16-43)52-24-22-41-8-2-4-10-50(41)38-52;1-3-9-43-33-45(19-17-36(43)7-1)40-15-13-38(14-16-40)39-21-27-48(28-22-39)53(50-31-25-42(26-32-50)52-35-47-11-5-6-12-51(47)54-52)49-29-23-41(24-30-49)46-20-18-37-8-2-4-10-44(37)34-46/h1-39H;1-35H. The molecule has 21 rings (SSSR count). The Labute approximate surface area is 662 Å². The van der Waals surface area contributed by atoms with E-state index in [1.807, 2.05) is 36.4 Å². The van der Waals surface area contributed by atoms with Gasteiger partial charge in [0.25, 0.3) is 0 Å². The van der Waals surface area contributed by atoms with Gasteiger partial charge in [0.05, 0.1) is 0 Å². The van der Waals surface area contributed by atoms with Crippen molar-refractivity contribution < 1.29 is 8.83 Å². The predicted molar refractivity (Wildman–Crippen MR) is 481 cm³/mol. The molecule has 536 valence electrons. The highest BCUT2D eigenvalue weighted by molar-refractivity contribution is 5.94. The third-order valence-electron chi connectivity index (χ3n) is 22.2. The number of hydrogen-bond donors (Lipinski definition) is 0. The minimum Gasteiger partial charge on any atom is -0.456 e. The third kappa shape index (κ3) is 13.9. The van der Waals surface area contributed by atoms with Crippen LogP contribution in [-0.2, 0) is 0 Å². The number of fused-ring (bicyclic) bond motifs is 6.